The van der Waals surface area contributed by atoms with E-state index in [4.69, 9.17) is 0 Å². The molecule has 0 unspecified atom stereocenters. The van der Waals surface area contributed by atoms with Crippen LogP contribution in [0.4, 0.5) is 0 Å². The molecule has 44 heavy (non-hydrogen) atoms. The first kappa shape index (κ1) is 28.5. The van der Waals surface area contributed by atoms with E-state index in [2.05, 4.69) is 176 Å². The Kier molecular flexibility index (Phi) is 7.75. The molecule has 0 saturated carbocycles. The quantitative estimate of drug-likeness (QED) is 0.170. The summed E-state index contributed by atoms with van der Waals surface area (Å²) in [5.74, 6) is 0.0841. The van der Waals surface area contributed by atoms with Crippen LogP contribution in [-0.4, -0.2) is 0 Å². The minimum absolute atomic E-state index is 0. The molecule has 2 aliphatic carbocycles. The molecule has 0 radical (unpaired) electrons. The monoisotopic (exact) mass is 638 g/mol. The molecule has 6 aromatic carbocycles. The van der Waals surface area contributed by atoms with Crippen molar-refractivity contribution in [2.24, 2.45) is 0 Å². The number of rotatable bonds is 6. The third kappa shape index (κ3) is 4.63. The molecule has 0 aliphatic heterocycles. The molecular weight excluding hydrogens is 608 g/mol. The Bertz CT molecular complexity index is 1840. The van der Waals surface area contributed by atoms with Gasteiger partial charge in [0.2, 0.25) is 0 Å². The van der Waals surface area contributed by atoms with Crippen LogP contribution in [0.2, 0.25) is 0 Å². The van der Waals surface area contributed by atoms with Gasteiger partial charge >= 0.3 is 0 Å². The average molecular weight is 640 g/mol. The first-order valence-corrected chi connectivity index (χ1v) is 15.2. The van der Waals surface area contributed by atoms with E-state index >= 15 is 0 Å². The first-order chi connectivity index (χ1) is 21.3. The van der Waals surface area contributed by atoms with Crippen LogP contribution in [0.3, 0.4) is 0 Å². The Hall–Kier alpha value is -4.32. The molecule has 0 amide bonds. The van der Waals surface area contributed by atoms with Crippen LogP contribution in [0.5, 0.6) is 0 Å². The van der Waals surface area contributed by atoms with Crippen LogP contribution < -0.4 is 0 Å². The smallest absolute Gasteiger partial charge is 0.0526 e. The van der Waals surface area contributed by atoms with Crippen molar-refractivity contribution in [3.63, 3.8) is 0 Å². The van der Waals surface area contributed by atoms with Crippen LogP contribution in [0.1, 0.15) is 34.6 Å². The van der Waals surface area contributed by atoms with E-state index in [-0.39, 0.29) is 32.1 Å². The Morgan fingerprint density at radius 3 is 1.30 bits per heavy atom. The predicted molar refractivity (Wildman–Crippen MR) is 180 cm³/mol. The maximum Gasteiger partial charge on any atom is 0.0526 e. The van der Waals surface area contributed by atoms with Crippen molar-refractivity contribution in [2.45, 2.75) is 17.8 Å². The molecule has 208 valence electrons. The zero-order valence-corrected chi connectivity index (χ0v) is 27.0. The largest absolute Gasteiger partial charge is 0.0804 e. The van der Waals surface area contributed by atoms with Crippen molar-refractivity contribution in [3.8, 4) is 33.4 Å². The van der Waals surface area contributed by atoms with Gasteiger partial charge in [0, 0.05) is 32.1 Å². The summed E-state index contributed by atoms with van der Waals surface area (Å²) in [6, 6.07) is 58.3. The van der Waals surface area contributed by atoms with E-state index in [1.54, 1.807) is 0 Å². The first-order valence-electron chi connectivity index (χ1n) is 15.2. The topological polar surface area (TPSA) is 0 Å². The molecule has 0 saturated heterocycles. The summed E-state index contributed by atoms with van der Waals surface area (Å²) in [6.45, 7) is 0. The second-order valence-electron chi connectivity index (χ2n) is 11.6. The molecule has 0 spiro atoms. The van der Waals surface area contributed by atoms with Gasteiger partial charge in [-0.1, -0.05) is 169 Å². The van der Waals surface area contributed by atoms with Gasteiger partial charge in [-0.2, -0.15) is 0 Å². The summed E-state index contributed by atoms with van der Waals surface area (Å²) in [5.41, 5.74) is 14.2. The Morgan fingerprint density at radius 2 is 0.886 bits per heavy atom. The van der Waals surface area contributed by atoms with Gasteiger partial charge in [-0.05, 0) is 74.2 Å². The number of hydrogen-bond acceptors (Lipinski definition) is 0. The third-order valence-electron chi connectivity index (χ3n) is 9.40. The summed E-state index contributed by atoms with van der Waals surface area (Å²) in [6.07, 6.45) is 7.86. The van der Waals surface area contributed by atoms with E-state index in [0.29, 0.717) is 0 Å². The van der Waals surface area contributed by atoms with Gasteiger partial charge in [-0.3, -0.25) is 0 Å². The second kappa shape index (κ2) is 12.0. The molecule has 0 atom stereocenters. The zero-order chi connectivity index (χ0) is 28.6. The number of hydrogen-bond donors (Lipinski definition) is 0. The zero-order valence-electron chi connectivity index (χ0n) is 24.5. The summed E-state index contributed by atoms with van der Waals surface area (Å²) >= 11 is 0. The summed E-state index contributed by atoms with van der Waals surface area (Å²) in [4.78, 5) is 0. The molecule has 8 rings (SSSR count). The number of allylic oxidation sites excluding steroid dienone is 4. The Labute approximate surface area is 279 Å². The summed E-state index contributed by atoms with van der Waals surface area (Å²) in [5, 5.41) is 0. The van der Waals surface area contributed by atoms with E-state index in [9.17, 15) is 0 Å². The molecule has 0 heterocycles. The van der Waals surface area contributed by atoms with Crippen LogP contribution in [-0.2, 0) is 31.6 Å². The fraction of sp³-hybridized carbons (Fsp3) is 0.0698. The van der Waals surface area contributed by atoms with Crippen LogP contribution in [0, 0.1) is 0 Å². The Balaban J connectivity index is 0.00000312. The Morgan fingerprint density at radius 1 is 0.455 bits per heavy atom. The maximum absolute atomic E-state index is 2.47. The third-order valence-corrected chi connectivity index (χ3v) is 9.40. The molecule has 2 aliphatic rings. The van der Waals surface area contributed by atoms with Crippen molar-refractivity contribution in [1.29, 1.82) is 0 Å². The molecule has 0 bridgehead atoms. The second-order valence-corrected chi connectivity index (χ2v) is 11.6. The van der Waals surface area contributed by atoms with Crippen molar-refractivity contribution < 1.29 is 26.2 Å². The van der Waals surface area contributed by atoms with Gasteiger partial charge in [-0.25, -0.2) is 0 Å². The standard InChI is InChI=1S/C43H32.Zr/c1-5-15-31(16-6-1)33-25-27-38-39-28-26-34(32-17-7-2-8-18-32)30-41(39)42(40(38)29-33)43(37-23-13-14-24-37,35-19-9-3-10-20-35)36-21-11-4-12-22-36;/h1-23,25-30,42H,24H2;. The van der Waals surface area contributed by atoms with Gasteiger partial charge in [0.1, 0.15) is 0 Å². The van der Waals surface area contributed by atoms with Crippen molar-refractivity contribution in [2.75, 3.05) is 0 Å². The molecule has 0 N–H and O–H groups in total. The fourth-order valence-electron chi connectivity index (χ4n) is 7.55. The molecule has 0 fully saturated rings. The van der Waals surface area contributed by atoms with Gasteiger partial charge in [-0.15, -0.1) is 0 Å². The minimum Gasteiger partial charge on any atom is -0.0804 e. The van der Waals surface area contributed by atoms with Crippen molar-refractivity contribution in [3.05, 3.63) is 204 Å². The SMILES string of the molecule is C1=CCC(C(c2ccccc2)(c2ccccc2)C2c3cc(-c4ccccc4)ccc3-c3ccc(-c4ccccc4)cc32)=C1.[Zr]. The van der Waals surface area contributed by atoms with Gasteiger partial charge in [0.15, 0.2) is 0 Å². The minimum atomic E-state index is -0.392. The number of benzene rings is 6. The van der Waals surface area contributed by atoms with E-state index in [1.165, 1.54) is 61.2 Å². The molecule has 0 aromatic heterocycles. The van der Waals surface area contributed by atoms with Gasteiger partial charge in [0.05, 0.1) is 5.41 Å². The molecule has 6 aromatic rings. The van der Waals surface area contributed by atoms with Crippen LogP contribution in [0.15, 0.2) is 182 Å². The molecular formula is C43H32Zr. The normalized spacial score (nSPS) is 13.6. The average Bonchev–Trinajstić information content (AvgIpc) is 3.74. The number of fused-ring (bicyclic) bond motifs is 3. The van der Waals surface area contributed by atoms with Crippen molar-refractivity contribution in [1.82, 2.24) is 0 Å². The molecule has 0 nitrogen and oxygen atoms in total. The van der Waals surface area contributed by atoms with Gasteiger partial charge in [0.25, 0.3) is 0 Å². The summed E-state index contributed by atoms with van der Waals surface area (Å²) < 4.78 is 0. The summed E-state index contributed by atoms with van der Waals surface area (Å²) in [7, 11) is 0. The fourth-order valence-corrected chi connectivity index (χ4v) is 7.55. The van der Waals surface area contributed by atoms with Crippen molar-refractivity contribution >= 4 is 0 Å². The van der Waals surface area contributed by atoms with Gasteiger partial charge < -0.3 is 0 Å². The van der Waals surface area contributed by atoms with E-state index < -0.39 is 5.41 Å². The van der Waals surface area contributed by atoms with E-state index in [1.807, 2.05) is 0 Å². The maximum atomic E-state index is 2.47. The van der Waals surface area contributed by atoms with Crippen LogP contribution >= 0.6 is 0 Å². The van der Waals surface area contributed by atoms with E-state index in [0.717, 1.165) is 6.42 Å². The van der Waals surface area contributed by atoms with Crippen LogP contribution in [0.25, 0.3) is 33.4 Å². The molecule has 1 heteroatoms. The predicted octanol–water partition coefficient (Wildman–Crippen LogP) is 11.0.